The third kappa shape index (κ3) is 6.09. The minimum Gasteiger partial charge on any atom is -0.356 e. The van der Waals surface area contributed by atoms with Crippen LogP contribution in [0.3, 0.4) is 0 Å². The second kappa shape index (κ2) is 10.3. The molecule has 2 aromatic rings. The van der Waals surface area contributed by atoms with E-state index in [4.69, 9.17) is 0 Å². The van der Waals surface area contributed by atoms with Crippen LogP contribution in [0.1, 0.15) is 36.2 Å². The third-order valence-electron chi connectivity index (χ3n) is 5.34. The Labute approximate surface area is 169 Å². The molecule has 0 atom stereocenters. The summed E-state index contributed by atoms with van der Waals surface area (Å²) in [5.41, 5.74) is 3.71. The summed E-state index contributed by atoms with van der Waals surface area (Å²) in [5, 5.41) is 11.6. The van der Waals surface area contributed by atoms with Crippen molar-refractivity contribution < 1.29 is 0 Å². The first-order valence-electron chi connectivity index (χ1n) is 10.4. The fourth-order valence-corrected chi connectivity index (χ4v) is 3.80. The number of nitrogens with zero attached hydrogens (tertiary/aromatic N) is 4. The van der Waals surface area contributed by atoms with E-state index < -0.39 is 0 Å². The molecule has 1 aliphatic rings. The zero-order chi connectivity index (χ0) is 19.8. The van der Waals surface area contributed by atoms with Crippen molar-refractivity contribution in [1.29, 1.82) is 0 Å². The Morgan fingerprint density at radius 1 is 1.18 bits per heavy atom. The van der Waals surface area contributed by atoms with E-state index in [-0.39, 0.29) is 0 Å². The molecule has 1 aromatic carbocycles. The Morgan fingerprint density at radius 3 is 2.57 bits per heavy atom. The highest BCUT2D eigenvalue weighted by atomic mass is 15.3. The lowest BCUT2D eigenvalue weighted by Gasteiger charge is -2.33. The summed E-state index contributed by atoms with van der Waals surface area (Å²) in [6, 6.07) is 13.4. The van der Waals surface area contributed by atoms with Gasteiger partial charge >= 0.3 is 0 Å². The molecule has 0 spiro atoms. The van der Waals surface area contributed by atoms with Gasteiger partial charge in [0.15, 0.2) is 5.96 Å². The molecule has 2 heterocycles. The Bertz CT molecular complexity index is 744. The Morgan fingerprint density at radius 2 is 1.93 bits per heavy atom. The molecular formula is C22H34N6. The quantitative estimate of drug-likeness (QED) is 0.439. The third-order valence-corrected chi connectivity index (χ3v) is 5.34. The molecule has 1 saturated heterocycles. The zero-order valence-corrected chi connectivity index (χ0v) is 17.5. The molecule has 6 nitrogen and oxygen atoms in total. The van der Waals surface area contributed by atoms with E-state index in [1.807, 2.05) is 14.0 Å². The van der Waals surface area contributed by atoms with E-state index in [0.29, 0.717) is 6.04 Å². The number of guanidine groups is 1. The molecule has 0 aliphatic carbocycles. The molecule has 2 N–H and O–H groups in total. The molecule has 3 rings (SSSR count). The van der Waals surface area contributed by atoms with E-state index in [2.05, 4.69) is 73.6 Å². The van der Waals surface area contributed by atoms with Gasteiger partial charge in [-0.05, 0) is 44.7 Å². The maximum absolute atomic E-state index is 4.52. The zero-order valence-electron chi connectivity index (χ0n) is 17.5. The molecule has 152 valence electrons. The lowest BCUT2D eigenvalue weighted by molar-refractivity contribution is 0.198. The second-order valence-electron chi connectivity index (χ2n) is 7.68. The molecule has 6 heteroatoms. The average Bonchev–Trinajstić information content (AvgIpc) is 3.03. The maximum Gasteiger partial charge on any atom is 0.191 e. The number of nitrogens with one attached hydrogen (secondary N) is 2. The molecule has 0 bridgehead atoms. The number of aliphatic imine (C=N–C) groups is 1. The van der Waals surface area contributed by atoms with Crippen molar-refractivity contribution in [2.24, 2.45) is 4.99 Å². The normalized spacial score (nSPS) is 16.3. The number of aryl methyl sites for hydroxylation is 3. The predicted molar refractivity (Wildman–Crippen MR) is 116 cm³/mol. The van der Waals surface area contributed by atoms with Gasteiger partial charge in [-0.1, -0.05) is 30.3 Å². The minimum atomic E-state index is 0.495. The van der Waals surface area contributed by atoms with Gasteiger partial charge in [0, 0.05) is 51.5 Å². The minimum absolute atomic E-state index is 0.495. The summed E-state index contributed by atoms with van der Waals surface area (Å²) in [7, 11) is 1.85. The monoisotopic (exact) mass is 382 g/mol. The molecule has 0 saturated carbocycles. The van der Waals surface area contributed by atoms with Crippen molar-refractivity contribution in [2.75, 3.05) is 26.7 Å². The number of benzene rings is 1. The molecule has 0 unspecified atom stereocenters. The van der Waals surface area contributed by atoms with Gasteiger partial charge in [0.05, 0.1) is 5.69 Å². The van der Waals surface area contributed by atoms with Gasteiger partial charge in [0.25, 0.3) is 0 Å². The Hall–Kier alpha value is -2.34. The van der Waals surface area contributed by atoms with Gasteiger partial charge in [0.1, 0.15) is 0 Å². The van der Waals surface area contributed by atoms with Crippen LogP contribution >= 0.6 is 0 Å². The SMILES string of the molecule is CN=C(NCCCn1nc(C)cc1C)NC1CCN(Cc2ccccc2)CC1. The largest absolute Gasteiger partial charge is 0.356 e. The van der Waals surface area contributed by atoms with Crippen LogP contribution in [0.25, 0.3) is 0 Å². The number of aromatic nitrogens is 2. The highest BCUT2D eigenvalue weighted by Gasteiger charge is 2.19. The van der Waals surface area contributed by atoms with E-state index >= 15 is 0 Å². The first-order chi connectivity index (χ1) is 13.6. The van der Waals surface area contributed by atoms with Gasteiger partial charge in [0.2, 0.25) is 0 Å². The lowest BCUT2D eigenvalue weighted by Crippen LogP contribution is -2.48. The number of likely N-dealkylation sites (tertiary alicyclic amines) is 1. The molecule has 1 aromatic heterocycles. The van der Waals surface area contributed by atoms with Crippen molar-refractivity contribution in [3.63, 3.8) is 0 Å². The van der Waals surface area contributed by atoms with Crippen LogP contribution in [0.5, 0.6) is 0 Å². The van der Waals surface area contributed by atoms with Crippen LogP contribution in [-0.2, 0) is 13.1 Å². The van der Waals surface area contributed by atoms with E-state index in [1.165, 1.54) is 11.3 Å². The molecule has 1 fully saturated rings. The van der Waals surface area contributed by atoms with Crippen molar-refractivity contribution >= 4 is 5.96 Å². The first kappa shape index (κ1) is 20.4. The van der Waals surface area contributed by atoms with Crippen molar-refractivity contribution in [1.82, 2.24) is 25.3 Å². The fraction of sp³-hybridized carbons (Fsp3) is 0.545. The number of hydrogen-bond acceptors (Lipinski definition) is 3. The lowest BCUT2D eigenvalue weighted by atomic mass is 10.0. The van der Waals surface area contributed by atoms with Gasteiger partial charge in [-0.15, -0.1) is 0 Å². The summed E-state index contributed by atoms with van der Waals surface area (Å²) < 4.78 is 2.08. The second-order valence-corrected chi connectivity index (χ2v) is 7.68. The van der Waals surface area contributed by atoms with Crippen molar-refractivity contribution in [3.8, 4) is 0 Å². The average molecular weight is 383 g/mol. The van der Waals surface area contributed by atoms with Crippen LogP contribution < -0.4 is 10.6 Å². The topological polar surface area (TPSA) is 57.5 Å². The van der Waals surface area contributed by atoms with E-state index in [0.717, 1.165) is 63.6 Å². The summed E-state index contributed by atoms with van der Waals surface area (Å²) in [6.07, 6.45) is 3.33. The molecule has 1 aliphatic heterocycles. The number of hydrogen-bond donors (Lipinski definition) is 2. The summed E-state index contributed by atoms with van der Waals surface area (Å²) in [4.78, 5) is 6.93. The van der Waals surface area contributed by atoms with Gasteiger partial charge in [-0.2, -0.15) is 5.10 Å². The van der Waals surface area contributed by atoms with Crippen LogP contribution in [0.2, 0.25) is 0 Å². The molecule has 0 radical (unpaired) electrons. The highest BCUT2D eigenvalue weighted by molar-refractivity contribution is 5.79. The van der Waals surface area contributed by atoms with Crippen LogP contribution in [0.4, 0.5) is 0 Å². The fourth-order valence-electron chi connectivity index (χ4n) is 3.80. The molecular weight excluding hydrogens is 348 g/mol. The summed E-state index contributed by atoms with van der Waals surface area (Å²) >= 11 is 0. The van der Waals surface area contributed by atoms with Crippen LogP contribution in [0, 0.1) is 13.8 Å². The van der Waals surface area contributed by atoms with Crippen LogP contribution in [0.15, 0.2) is 41.4 Å². The van der Waals surface area contributed by atoms with E-state index in [1.54, 1.807) is 0 Å². The number of rotatable bonds is 7. The van der Waals surface area contributed by atoms with Gasteiger partial charge in [-0.25, -0.2) is 0 Å². The first-order valence-corrected chi connectivity index (χ1v) is 10.4. The van der Waals surface area contributed by atoms with E-state index in [9.17, 15) is 0 Å². The van der Waals surface area contributed by atoms with Gasteiger partial charge < -0.3 is 10.6 Å². The van der Waals surface area contributed by atoms with Gasteiger partial charge in [-0.3, -0.25) is 14.6 Å². The standard InChI is InChI=1S/C22H34N6/c1-18-16-19(2)28(26-18)13-7-12-24-22(23-3)25-21-10-14-27(15-11-21)17-20-8-5-4-6-9-20/h4-6,8-9,16,21H,7,10-15,17H2,1-3H3,(H2,23,24,25). The maximum atomic E-state index is 4.52. The highest BCUT2D eigenvalue weighted by Crippen LogP contribution is 2.13. The Balaban J connectivity index is 1.34. The summed E-state index contributed by atoms with van der Waals surface area (Å²) in [6.45, 7) is 9.28. The predicted octanol–water partition coefficient (Wildman–Crippen LogP) is 2.72. The van der Waals surface area contributed by atoms with Crippen LogP contribution in [-0.4, -0.2) is 53.4 Å². The van der Waals surface area contributed by atoms with Crippen molar-refractivity contribution in [3.05, 3.63) is 53.3 Å². The molecule has 28 heavy (non-hydrogen) atoms. The molecule has 0 amide bonds. The summed E-state index contributed by atoms with van der Waals surface area (Å²) in [5.74, 6) is 0.912. The number of piperidine rings is 1. The van der Waals surface area contributed by atoms with Crippen molar-refractivity contribution in [2.45, 2.75) is 52.2 Å². The Kier molecular flexibility index (Phi) is 7.48. The smallest absolute Gasteiger partial charge is 0.191 e.